The molecule has 4 nitrogen and oxygen atoms in total. The van der Waals surface area contributed by atoms with Gasteiger partial charge in [0.2, 0.25) is 0 Å². The van der Waals surface area contributed by atoms with Crippen LogP contribution in [0.3, 0.4) is 0 Å². The number of nitrogens with zero attached hydrogens (tertiary/aromatic N) is 2. The largest absolute Gasteiger partial charge is 0.321 e. The Bertz CT molecular complexity index is 794. The molecule has 2 aromatic heterocycles. The molecule has 0 aliphatic carbocycles. The molecular formula is C17H15N3OS2. The molecule has 0 spiro atoms. The monoisotopic (exact) mass is 341 g/mol. The van der Waals surface area contributed by atoms with Crippen LogP contribution in [0.1, 0.15) is 21.1 Å². The summed E-state index contributed by atoms with van der Waals surface area (Å²) in [6.45, 7) is 3.92. The molecule has 0 saturated carbocycles. The van der Waals surface area contributed by atoms with Crippen molar-refractivity contribution in [2.24, 2.45) is 0 Å². The minimum atomic E-state index is -0.0851. The minimum Gasteiger partial charge on any atom is -0.321 e. The summed E-state index contributed by atoms with van der Waals surface area (Å²) in [6.07, 6.45) is 0. The van der Waals surface area contributed by atoms with Crippen molar-refractivity contribution in [3.63, 3.8) is 0 Å². The van der Waals surface area contributed by atoms with Gasteiger partial charge in [0.15, 0.2) is 5.16 Å². The van der Waals surface area contributed by atoms with E-state index in [4.69, 9.17) is 0 Å². The SMILES string of the molecule is Cc1cc(C)nc(Sc2ccc(NC(=O)c3cccs3)cc2)n1. The van der Waals surface area contributed by atoms with Crippen LogP contribution in [0.15, 0.2) is 57.9 Å². The van der Waals surface area contributed by atoms with Gasteiger partial charge in [-0.2, -0.15) is 0 Å². The number of aromatic nitrogens is 2. The Balaban J connectivity index is 1.68. The van der Waals surface area contributed by atoms with Gasteiger partial charge in [0.25, 0.3) is 5.91 Å². The molecule has 0 saturated heterocycles. The molecule has 3 rings (SSSR count). The number of rotatable bonds is 4. The topological polar surface area (TPSA) is 54.9 Å². The number of carbonyl (C=O) groups excluding carboxylic acids is 1. The Hall–Kier alpha value is -2.18. The number of nitrogens with one attached hydrogen (secondary N) is 1. The summed E-state index contributed by atoms with van der Waals surface area (Å²) in [6, 6.07) is 13.3. The van der Waals surface area contributed by atoms with Crippen molar-refractivity contribution >= 4 is 34.7 Å². The third-order valence-electron chi connectivity index (χ3n) is 3.03. The molecule has 0 fully saturated rings. The van der Waals surface area contributed by atoms with Gasteiger partial charge in [0, 0.05) is 22.0 Å². The summed E-state index contributed by atoms with van der Waals surface area (Å²) < 4.78 is 0. The molecule has 23 heavy (non-hydrogen) atoms. The first-order valence-corrected chi connectivity index (χ1v) is 8.75. The van der Waals surface area contributed by atoms with Gasteiger partial charge in [0.05, 0.1) is 4.88 Å². The van der Waals surface area contributed by atoms with Crippen LogP contribution >= 0.6 is 23.1 Å². The Kier molecular flexibility index (Phi) is 4.73. The van der Waals surface area contributed by atoms with E-state index < -0.39 is 0 Å². The van der Waals surface area contributed by atoms with Gasteiger partial charge in [-0.3, -0.25) is 4.79 Å². The molecule has 0 atom stereocenters. The lowest BCUT2D eigenvalue weighted by molar-refractivity contribution is 0.103. The summed E-state index contributed by atoms with van der Waals surface area (Å²) in [5.74, 6) is -0.0851. The number of benzene rings is 1. The first-order chi connectivity index (χ1) is 11.1. The van der Waals surface area contributed by atoms with Crippen molar-refractivity contribution in [2.75, 3.05) is 5.32 Å². The molecule has 1 N–H and O–H groups in total. The van der Waals surface area contributed by atoms with E-state index in [-0.39, 0.29) is 5.91 Å². The molecule has 116 valence electrons. The zero-order valence-corrected chi connectivity index (χ0v) is 14.4. The number of hydrogen-bond acceptors (Lipinski definition) is 5. The van der Waals surface area contributed by atoms with E-state index in [1.165, 1.54) is 23.1 Å². The van der Waals surface area contributed by atoms with Crippen molar-refractivity contribution in [2.45, 2.75) is 23.9 Å². The Morgan fingerprint density at radius 3 is 2.39 bits per heavy atom. The van der Waals surface area contributed by atoms with E-state index in [1.54, 1.807) is 0 Å². The van der Waals surface area contributed by atoms with Crippen molar-refractivity contribution in [3.8, 4) is 0 Å². The number of aryl methyl sites for hydroxylation is 2. The van der Waals surface area contributed by atoms with Crippen LogP contribution < -0.4 is 5.32 Å². The van der Waals surface area contributed by atoms with Gasteiger partial charge in [-0.25, -0.2) is 9.97 Å². The third-order valence-corrected chi connectivity index (χ3v) is 4.77. The van der Waals surface area contributed by atoms with Crippen molar-refractivity contribution in [1.29, 1.82) is 0 Å². The molecular weight excluding hydrogens is 326 g/mol. The molecule has 0 bridgehead atoms. The lowest BCUT2D eigenvalue weighted by atomic mass is 10.3. The molecule has 1 amide bonds. The predicted octanol–water partition coefficient (Wildman–Crippen LogP) is 4.56. The standard InChI is InChI=1S/C17H15N3OS2/c1-11-10-12(2)19-17(18-11)23-14-7-5-13(6-8-14)20-16(21)15-4-3-9-22-15/h3-10H,1-2H3,(H,20,21). The second kappa shape index (κ2) is 6.93. The van der Waals surface area contributed by atoms with Crippen LogP contribution in [-0.2, 0) is 0 Å². The third kappa shape index (κ3) is 4.18. The molecule has 0 unspecified atom stereocenters. The van der Waals surface area contributed by atoms with Gasteiger partial charge < -0.3 is 5.32 Å². The van der Waals surface area contributed by atoms with Gasteiger partial charge >= 0.3 is 0 Å². The molecule has 0 aliphatic rings. The first-order valence-electron chi connectivity index (χ1n) is 7.05. The van der Waals surface area contributed by atoms with Crippen LogP contribution in [0.2, 0.25) is 0 Å². The van der Waals surface area contributed by atoms with Gasteiger partial charge in [-0.05, 0) is 67.4 Å². The van der Waals surface area contributed by atoms with E-state index in [0.717, 1.165) is 27.1 Å². The fourth-order valence-electron chi connectivity index (χ4n) is 2.05. The first kappa shape index (κ1) is 15.7. The van der Waals surface area contributed by atoms with Crippen LogP contribution in [-0.4, -0.2) is 15.9 Å². The van der Waals surface area contributed by atoms with E-state index in [1.807, 2.05) is 61.7 Å². The van der Waals surface area contributed by atoms with Crippen molar-refractivity contribution < 1.29 is 4.79 Å². The predicted molar refractivity (Wildman–Crippen MR) is 94.3 cm³/mol. The quantitative estimate of drug-likeness (QED) is 0.707. The van der Waals surface area contributed by atoms with Crippen molar-refractivity contribution in [1.82, 2.24) is 9.97 Å². The molecule has 1 aromatic carbocycles. The number of hydrogen-bond donors (Lipinski definition) is 1. The highest BCUT2D eigenvalue weighted by atomic mass is 32.2. The molecule has 0 radical (unpaired) electrons. The fourth-order valence-corrected chi connectivity index (χ4v) is 3.53. The van der Waals surface area contributed by atoms with Crippen LogP contribution in [0.4, 0.5) is 5.69 Å². The summed E-state index contributed by atoms with van der Waals surface area (Å²) in [5.41, 5.74) is 2.69. The summed E-state index contributed by atoms with van der Waals surface area (Å²) in [4.78, 5) is 22.6. The number of thiophene rings is 1. The van der Waals surface area contributed by atoms with Gasteiger partial charge in [0.1, 0.15) is 0 Å². The average molecular weight is 341 g/mol. The minimum absolute atomic E-state index is 0.0851. The second-order valence-electron chi connectivity index (χ2n) is 4.99. The second-order valence-corrected chi connectivity index (χ2v) is 6.98. The summed E-state index contributed by atoms with van der Waals surface area (Å²) in [7, 11) is 0. The van der Waals surface area contributed by atoms with Crippen LogP contribution in [0.25, 0.3) is 0 Å². The highest BCUT2D eigenvalue weighted by molar-refractivity contribution is 7.99. The highest BCUT2D eigenvalue weighted by Crippen LogP contribution is 2.26. The number of carbonyl (C=O) groups is 1. The smallest absolute Gasteiger partial charge is 0.265 e. The van der Waals surface area contributed by atoms with E-state index >= 15 is 0 Å². The van der Waals surface area contributed by atoms with E-state index in [9.17, 15) is 4.79 Å². The maximum Gasteiger partial charge on any atom is 0.265 e. The zero-order chi connectivity index (χ0) is 16.2. The average Bonchev–Trinajstić information content (AvgIpc) is 3.02. The Morgan fingerprint density at radius 1 is 1.09 bits per heavy atom. The summed E-state index contributed by atoms with van der Waals surface area (Å²) in [5, 5.41) is 5.51. The van der Waals surface area contributed by atoms with E-state index in [0.29, 0.717) is 4.88 Å². The summed E-state index contributed by atoms with van der Waals surface area (Å²) >= 11 is 2.93. The lowest BCUT2D eigenvalue weighted by Crippen LogP contribution is -2.09. The number of amides is 1. The molecule has 0 aliphatic heterocycles. The van der Waals surface area contributed by atoms with Gasteiger partial charge in [-0.15, -0.1) is 11.3 Å². The molecule has 2 heterocycles. The lowest BCUT2D eigenvalue weighted by Gasteiger charge is -2.06. The molecule has 6 heteroatoms. The van der Waals surface area contributed by atoms with Crippen molar-refractivity contribution in [3.05, 3.63) is 64.1 Å². The zero-order valence-electron chi connectivity index (χ0n) is 12.7. The van der Waals surface area contributed by atoms with E-state index in [2.05, 4.69) is 15.3 Å². The van der Waals surface area contributed by atoms with Crippen LogP contribution in [0, 0.1) is 13.8 Å². The normalized spacial score (nSPS) is 10.5. The fraction of sp³-hybridized carbons (Fsp3) is 0.118. The maximum atomic E-state index is 12.0. The van der Waals surface area contributed by atoms with Crippen LogP contribution in [0.5, 0.6) is 0 Å². The van der Waals surface area contributed by atoms with Gasteiger partial charge in [-0.1, -0.05) is 6.07 Å². The number of anilines is 1. The maximum absolute atomic E-state index is 12.0. The Morgan fingerprint density at radius 2 is 1.78 bits per heavy atom. The highest BCUT2D eigenvalue weighted by Gasteiger charge is 2.07. The Labute approximate surface area is 143 Å². The molecule has 3 aromatic rings.